The van der Waals surface area contributed by atoms with Gasteiger partial charge in [-0.3, -0.25) is 9.59 Å². The number of carbonyl (C=O) groups is 2. The summed E-state index contributed by atoms with van der Waals surface area (Å²) in [6, 6.07) is 7.17. The highest BCUT2D eigenvalue weighted by Gasteiger charge is 2.21. The number of benzene rings is 1. The average Bonchev–Trinajstić information content (AvgIpc) is 2.46. The topological polar surface area (TPSA) is 61.4 Å². The lowest BCUT2D eigenvalue weighted by Gasteiger charge is -2.30. The molecule has 2 amide bonds. The summed E-state index contributed by atoms with van der Waals surface area (Å²) in [4.78, 5) is 25.4. The molecule has 1 fully saturated rings. The van der Waals surface area contributed by atoms with Gasteiger partial charge in [-0.2, -0.15) is 0 Å². The predicted octanol–water partition coefficient (Wildman–Crippen LogP) is 2.39. The fraction of sp³-hybridized carbons (Fsp3) is 0.438. The number of amides is 2. The van der Waals surface area contributed by atoms with Crippen LogP contribution in [0, 0.1) is 5.92 Å². The highest BCUT2D eigenvalue weighted by molar-refractivity contribution is 7.80. The summed E-state index contributed by atoms with van der Waals surface area (Å²) in [6.07, 6.45) is 2.10. The van der Waals surface area contributed by atoms with E-state index in [1.807, 2.05) is 11.0 Å². The molecular formula is C16H21N3O2S. The Hall–Kier alpha value is -1.95. The molecule has 2 rings (SSSR count). The van der Waals surface area contributed by atoms with E-state index in [-0.39, 0.29) is 16.9 Å². The van der Waals surface area contributed by atoms with Crippen molar-refractivity contribution in [1.82, 2.24) is 10.2 Å². The van der Waals surface area contributed by atoms with Gasteiger partial charge >= 0.3 is 0 Å². The minimum atomic E-state index is -0.229. The van der Waals surface area contributed by atoms with E-state index in [0.29, 0.717) is 17.2 Å². The number of anilines is 1. The van der Waals surface area contributed by atoms with E-state index in [4.69, 9.17) is 12.2 Å². The zero-order valence-corrected chi connectivity index (χ0v) is 13.7. The molecule has 1 saturated heterocycles. The van der Waals surface area contributed by atoms with Gasteiger partial charge in [0.25, 0.3) is 5.91 Å². The van der Waals surface area contributed by atoms with Crippen molar-refractivity contribution >= 4 is 34.8 Å². The summed E-state index contributed by atoms with van der Waals surface area (Å²) in [5.41, 5.74) is 1.32. The van der Waals surface area contributed by atoms with Crippen molar-refractivity contribution in [3.63, 3.8) is 0 Å². The van der Waals surface area contributed by atoms with Gasteiger partial charge in [0.15, 0.2) is 5.11 Å². The molecule has 0 radical (unpaired) electrons. The van der Waals surface area contributed by atoms with Gasteiger partial charge in [0.05, 0.1) is 0 Å². The number of nitrogens with one attached hydrogen (secondary N) is 2. The van der Waals surface area contributed by atoms with Gasteiger partial charge in [-0.05, 0) is 49.2 Å². The molecule has 6 heteroatoms. The van der Waals surface area contributed by atoms with Crippen LogP contribution in [0.1, 0.15) is 37.0 Å². The second kappa shape index (κ2) is 7.35. The third kappa shape index (κ3) is 4.53. The number of rotatable bonds is 2. The Bertz CT molecular complexity index is 581. The number of hydrogen-bond acceptors (Lipinski definition) is 3. The first-order chi connectivity index (χ1) is 10.5. The van der Waals surface area contributed by atoms with E-state index in [0.717, 1.165) is 25.9 Å². The van der Waals surface area contributed by atoms with E-state index in [2.05, 4.69) is 17.6 Å². The van der Waals surface area contributed by atoms with Crippen LogP contribution in [-0.4, -0.2) is 34.9 Å². The Balaban J connectivity index is 2.03. The quantitative estimate of drug-likeness (QED) is 0.822. The van der Waals surface area contributed by atoms with Crippen molar-refractivity contribution in [2.45, 2.75) is 26.7 Å². The lowest BCUT2D eigenvalue weighted by molar-refractivity contribution is -0.117. The van der Waals surface area contributed by atoms with Crippen LogP contribution in [0.3, 0.4) is 0 Å². The van der Waals surface area contributed by atoms with E-state index in [9.17, 15) is 9.59 Å². The SMILES string of the molecule is CC(=O)NC(=S)Nc1cccc(C(=O)N2CCC(C)CC2)c1. The third-order valence-electron chi connectivity index (χ3n) is 3.73. The highest BCUT2D eigenvalue weighted by atomic mass is 32.1. The Morgan fingerprint density at radius 1 is 1.27 bits per heavy atom. The Kier molecular flexibility index (Phi) is 5.49. The lowest BCUT2D eigenvalue weighted by Crippen LogP contribution is -2.38. The van der Waals surface area contributed by atoms with E-state index in [1.165, 1.54) is 6.92 Å². The Morgan fingerprint density at radius 2 is 1.95 bits per heavy atom. The second-order valence-corrected chi connectivity index (χ2v) is 6.10. The van der Waals surface area contributed by atoms with Gasteiger partial charge < -0.3 is 15.5 Å². The van der Waals surface area contributed by atoms with Crippen molar-refractivity contribution in [1.29, 1.82) is 0 Å². The summed E-state index contributed by atoms with van der Waals surface area (Å²) in [5, 5.41) is 5.63. The van der Waals surface area contributed by atoms with Crippen LogP contribution in [0.2, 0.25) is 0 Å². The monoisotopic (exact) mass is 319 g/mol. The first-order valence-corrected chi connectivity index (χ1v) is 7.84. The first-order valence-electron chi connectivity index (χ1n) is 7.43. The minimum Gasteiger partial charge on any atom is -0.339 e. The van der Waals surface area contributed by atoms with Crippen LogP contribution in [0.4, 0.5) is 5.69 Å². The molecule has 2 N–H and O–H groups in total. The molecule has 1 aliphatic heterocycles. The molecule has 0 aliphatic carbocycles. The molecule has 0 unspecified atom stereocenters. The molecule has 1 aliphatic rings. The van der Waals surface area contributed by atoms with Crippen LogP contribution in [-0.2, 0) is 4.79 Å². The van der Waals surface area contributed by atoms with E-state index >= 15 is 0 Å². The average molecular weight is 319 g/mol. The summed E-state index contributed by atoms with van der Waals surface area (Å²) >= 11 is 5.02. The Labute approximate surface area is 136 Å². The van der Waals surface area contributed by atoms with Crippen LogP contribution in [0.25, 0.3) is 0 Å². The molecule has 0 bridgehead atoms. The zero-order chi connectivity index (χ0) is 16.1. The van der Waals surface area contributed by atoms with Gasteiger partial charge in [-0.25, -0.2) is 0 Å². The first kappa shape index (κ1) is 16.4. The van der Waals surface area contributed by atoms with Crippen molar-refractivity contribution in [2.24, 2.45) is 5.92 Å². The van der Waals surface area contributed by atoms with Crippen molar-refractivity contribution in [3.8, 4) is 0 Å². The molecule has 0 saturated carbocycles. The number of nitrogens with zero attached hydrogens (tertiary/aromatic N) is 1. The molecule has 1 aromatic carbocycles. The number of likely N-dealkylation sites (tertiary alicyclic amines) is 1. The normalized spacial score (nSPS) is 15.3. The van der Waals surface area contributed by atoms with Crippen LogP contribution < -0.4 is 10.6 Å². The number of hydrogen-bond donors (Lipinski definition) is 2. The Morgan fingerprint density at radius 3 is 2.59 bits per heavy atom. The molecule has 22 heavy (non-hydrogen) atoms. The van der Waals surface area contributed by atoms with Gasteiger partial charge in [0.2, 0.25) is 5.91 Å². The van der Waals surface area contributed by atoms with Gasteiger partial charge in [0.1, 0.15) is 0 Å². The van der Waals surface area contributed by atoms with Gasteiger partial charge in [0, 0.05) is 31.3 Å². The van der Waals surface area contributed by atoms with Crippen LogP contribution in [0.15, 0.2) is 24.3 Å². The fourth-order valence-electron chi connectivity index (χ4n) is 2.45. The maximum absolute atomic E-state index is 12.5. The largest absolute Gasteiger partial charge is 0.339 e. The number of carbonyl (C=O) groups excluding carboxylic acids is 2. The molecule has 118 valence electrons. The second-order valence-electron chi connectivity index (χ2n) is 5.69. The molecule has 1 aromatic rings. The van der Waals surface area contributed by atoms with Gasteiger partial charge in [-0.1, -0.05) is 13.0 Å². The fourth-order valence-corrected chi connectivity index (χ4v) is 2.71. The molecule has 0 spiro atoms. The maximum Gasteiger partial charge on any atom is 0.253 e. The lowest BCUT2D eigenvalue weighted by atomic mass is 9.98. The smallest absolute Gasteiger partial charge is 0.253 e. The standard InChI is InChI=1S/C16H21N3O2S/c1-11-6-8-19(9-7-11)15(21)13-4-3-5-14(10-13)18-16(22)17-12(2)20/h3-5,10-11H,6-9H2,1-2H3,(H2,17,18,20,22). The van der Waals surface area contributed by atoms with Crippen LogP contribution in [0.5, 0.6) is 0 Å². The third-order valence-corrected chi connectivity index (χ3v) is 3.93. The maximum atomic E-state index is 12.5. The summed E-state index contributed by atoms with van der Waals surface area (Å²) in [5.74, 6) is 0.500. The predicted molar refractivity (Wildman–Crippen MR) is 90.8 cm³/mol. The van der Waals surface area contributed by atoms with Crippen molar-refractivity contribution in [2.75, 3.05) is 18.4 Å². The summed E-state index contributed by atoms with van der Waals surface area (Å²) in [6.45, 7) is 5.23. The molecule has 0 atom stereocenters. The van der Waals surface area contributed by atoms with Crippen molar-refractivity contribution in [3.05, 3.63) is 29.8 Å². The number of thiocarbonyl (C=S) groups is 1. The molecule has 1 heterocycles. The molecule has 0 aromatic heterocycles. The molecular weight excluding hydrogens is 298 g/mol. The summed E-state index contributed by atoms with van der Waals surface area (Å²) < 4.78 is 0. The van der Waals surface area contributed by atoms with Gasteiger partial charge in [-0.15, -0.1) is 0 Å². The van der Waals surface area contributed by atoms with Crippen LogP contribution >= 0.6 is 12.2 Å². The zero-order valence-electron chi connectivity index (χ0n) is 12.9. The minimum absolute atomic E-state index is 0.0426. The van der Waals surface area contributed by atoms with Crippen molar-refractivity contribution < 1.29 is 9.59 Å². The van der Waals surface area contributed by atoms with E-state index in [1.54, 1.807) is 18.2 Å². The summed E-state index contributed by atoms with van der Waals surface area (Å²) in [7, 11) is 0. The molecule has 5 nitrogen and oxygen atoms in total. The van der Waals surface area contributed by atoms with E-state index < -0.39 is 0 Å². The number of piperidine rings is 1. The highest BCUT2D eigenvalue weighted by Crippen LogP contribution is 2.19.